The number of carboxylic acid groups (broad SMARTS) is 1. The molecule has 4 N–H and O–H groups in total. The van der Waals surface area contributed by atoms with Gasteiger partial charge in [-0.15, -0.1) is 0 Å². The molecule has 0 fully saturated rings. The van der Waals surface area contributed by atoms with Gasteiger partial charge in [-0.25, -0.2) is 17.9 Å². The number of carbonyl (C=O) groups excluding carboxylic acids is 1. The van der Waals surface area contributed by atoms with Gasteiger partial charge in [-0.05, 0) is 40.8 Å². The van der Waals surface area contributed by atoms with Crippen molar-refractivity contribution < 1.29 is 23.1 Å². The molecule has 0 unspecified atom stereocenters. The van der Waals surface area contributed by atoms with Crippen LogP contribution in [0.5, 0.6) is 0 Å². The maximum absolute atomic E-state index is 11.8. The Morgan fingerprint density at radius 3 is 2.53 bits per heavy atom. The molecule has 7 nitrogen and oxygen atoms in total. The molecule has 1 aromatic rings. The number of aromatic carboxylic acids is 1. The molecule has 1 aromatic carbocycles. The number of hydrogen-bond donors (Lipinski definition) is 3. The maximum Gasteiger partial charge on any atom is 0.336 e. The highest BCUT2D eigenvalue weighted by molar-refractivity contribution is 14.1. The second-order valence-corrected chi connectivity index (χ2v) is 6.49. The fraction of sp³-hybridized carbons (Fsp3) is 0.200. The quantitative estimate of drug-likeness (QED) is 0.588. The van der Waals surface area contributed by atoms with Crippen LogP contribution in [0, 0.1) is 3.57 Å². The fourth-order valence-electron chi connectivity index (χ4n) is 1.23. The number of nitrogens with one attached hydrogen (secondary N) is 1. The summed E-state index contributed by atoms with van der Waals surface area (Å²) in [7, 11) is -3.85. The topological polar surface area (TPSA) is 127 Å². The standard InChI is InChI=1S/C10H11IN2O5S/c11-8-2-1-6(5-7(8)10(15)16)19(17,18)13-4-3-9(12)14/h1-2,5,13H,3-4H2,(H2,12,14)(H,15,16). The van der Waals surface area contributed by atoms with E-state index in [2.05, 4.69) is 4.72 Å². The van der Waals surface area contributed by atoms with E-state index in [0.717, 1.165) is 6.07 Å². The number of hydrogen-bond acceptors (Lipinski definition) is 4. The van der Waals surface area contributed by atoms with Crippen molar-refractivity contribution in [2.45, 2.75) is 11.3 Å². The van der Waals surface area contributed by atoms with Crippen molar-refractivity contribution in [1.29, 1.82) is 0 Å². The summed E-state index contributed by atoms with van der Waals surface area (Å²) in [6.07, 6.45) is -0.130. The summed E-state index contributed by atoms with van der Waals surface area (Å²) in [5.74, 6) is -1.84. The van der Waals surface area contributed by atoms with Gasteiger partial charge < -0.3 is 10.8 Å². The van der Waals surface area contributed by atoms with Crippen LogP contribution >= 0.6 is 22.6 Å². The monoisotopic (exact) mass is 398 g/mol. The predicted octanol–water partition coefficient (Wildman–Crippen LogP) is 0.143. The Hall–Kier alpha value is -1.20. The molecule has 0 atom stereocenters. The van der Waals surface area contributed by atoms with E-state index >= 15 is 0 Å². The number of benzene rings is 1. The molecule has 0 aliphatic carbocycles. The van der Waals surface area contributed by atoms with Crippen LogP contribution in [0.15, 0.2) is 23.1 Å². The Bertz CT molecular complexity index is 614. The average Bonchev–Trinajstić information content (AvgIpc) is 2.27. The lowest BCUT2D eigenvalue weighted by Crippen LogP contribution is -2.28. The van der Waals surface area contributed by atoms with Crippen molar-refractivity contribution in [3.8, 4) is 0 Å². The molecule has 104 valence electrons. The summed E-state index contributed by atoms with van der Waals surface area (Å²) < 4.78 is 26.3. The van der Waals surface area contributed by atoms with Crippen LogP contribution in [0.3, 0.4) is 0 Å². The molecule has 0 heterocycles. The Labute approximate surface area is 123 Å². The molecule has 0 aliphatic heterocycles. The lowest BCUT2D eigenvalue weighted by molar-refractivity contribution is -0.117. The third kappa shape index (κ3) is 4.44. The van der Waals surface area contributed by atoms with Crippen LogP contribution in [-0.2, 0) is 14.8 Å². The van der Waals surface area contributed by atoms with Crippen LogP contribution in [0.25, 0.3) is 0 Å². The highest BCUT2D eigenvalue weighted by atomic mass is 127. The van der Waals surface area contributed by atoms with Crippen molar-refractivity contribution >= 4 is 44.5 Å². The van der Waals surface area contributed by atoms with E-state index in [4.69, 9.17) is 10.8 Å². The van der Waals surface area contributed by atoms with Gasteiger partial charge in [-0.3, -0.25) is 4.79 Å². The van der Waals surface area contributed by atoms with Gasteiger partial charge in [-0.1, -0.05) is 0 Å². The SMILES string of the molecule is NC(=O)CCNS(=O)(=O)c1ccc(I)c(C(=O)O)c1. The predicted molar refractivity (Wildman–Crippen MR) is 75.1 cm³/mol. The van der Waals surface area contributed by atoms with Gasteiger partial charge in [0.15, 0.2) is 0 Å². The van der Waals surface area contributed by atoms with Gasteiger partial charge >= 0.3 is 5.97 Å². The Balaban J connectivity index is 2.99. The number of carbonyl (C=O) groups is 2. The minimum atomic E-state index is -3.85. The first-order valence-electron chi connectivity index (χ1n) is 5.05. The van der Waals surface area contributed by atoms with Crippen molar-refractivity contribution in [1.82, 2.24) is 4.72 Å². The first kappa shape index (κ1) is 15.9. The lowest BCUT2D eigenvalue weighted by Gasteiger charge is -2.07. The van der Waals surface area contributed by atoms with E-state index < -0.39 is 21.9 Å². The number of nitrogens with two attached hydrogens (primary N) is 1. The van der Waals surface area contributed by atoms with Crippen molar-refractivity contribution in [3.63, 3.8) is 0 Å². The van der Waals surface area contributed by atoms with Crippen LogP contribution in [0.4, 0.5) is 0 Å². The van der Waals surface area contributed by atoms with Gasteiger partial charge in [0.05, 0.1) is 10.5 Å². The summed E-state index contributed by atoms with van der Waals surface area (Å²) >= 11 is 1.80. The molecule has 1 rings (SSSR count). The van der Waals surface area contributed by atoms with Crippen LogP contribution in [-0.4, -0.2) is 31.9 Å². The van der Waals surface area contributed by atoms with E-state index in [1.165, 1.54) is 12.1 Å². The zero-order chi connectivity index (χ0) is 14.6. The van der Waals surface area contributed by atoms with Crippen LogP contribution in [0.1, 0.15) is 16.8 Å². The average molecular weight is 398 g/mol. The molecule has 19 heavy (non-hydrogen) atoms. The van der Waals surface area contributed by atoms with Crippen LogP contribution < -0.4 is 10.5 Å². The van der Waals surface area contributed by atoms with Gasteiger partial charge in [0.1, 0.15) is 0 Å². The number of amides is 1. The molecule has 0 spiro atoms. The normalized spacial score (nSPS) is 11.2. The summed E-state index contributed by atoms with van der Waals surface area (Å²) in [4.78, 5) is 21.3. The largest absolute Gasteiger partial charge is 0.478 e. The number of sulfonamides is 1. The summed E-state index contributed by atoms with van der Waals surface area (Å²) in [5.41, 5.74) is 4.79. The molecular weight excluding hydrogens is 387 g/mol. The minimum absolute atomic E-state index is 0.0987. The zero-order valence-electron chi connectivity index (χ0n) is 9.59. The lowest BCUT2D eigenvalue weighted by atomic mass is 10.2. The summed E-state index contributed by atoms with van der Waals surface area (Å²) in [6, 6.07) is 3.75. The molecular formula is C10H11IN2O5S. The number of carboxylic acids is 1. The zero-order valence-corrected chi connectivity index (χ0v) is 12.6. The van der Waals surface area contributed by atoms with Crippen molar-refractivity contribution in [2.24, 2.45) is 5.73 Å². The maximum atomic E-state index is 11.8. The number of primary amides is 1. The van der Waals surface area contributed by atoms with Gasteiger partial charge in [0.25, 0.3) is 0 Å². The smallest absolute Gasteiger partial charge is 0.336 e. The first-order chi connectivity index (χ1) is 8.74. The van der Waals surface area contributed by atoms with Gasteiger partial charge in [-0.2, -0.15) is 0 Å². The molecule has 0 saturated heterocycles. The van der Waals surface area contributed by atoms with Gasteiger partial charge in [0.2, 0.25) is 15.9 Å². The second-order valence-electron chi connectivity index (χ2n) is 3.56. The van der Waals surface area contributed by atoms with Crippen molar-refractivity contribution in [3.05, 3.63) is 27.3 Å². The van der Waals surface area contributed by atoms with E-state index in [9.17, 15) is 18.0 Å². The van der Waals surface area contributed by atoms with Crippen molar-refractivity contribution in [2.75, 3.05) is 6.54 Å². The molecule has 0 bridgehead atoms. The molecule has 0 aromatic heterocycles. The summed E-state index contributed by atoms with van der Waals surface area (Å²) in [5, 5.41) is 8.92. The highest BCUT2D eigenvalue weighted by Crippen LogP contribution is 2.17. The number of halogens is 1. The fourth-order valence-corrected chi connectivity index (χ4v) is 2.85. The third-order valence-electron chi connectivity index (χ3n) is 2.14. The van der Waals surface area contributed by atoms with Crippen LogP contribution in [0.2, 0.25) is 0 Å². The molecule has 0 radical (unpaired) electrons. The first-order valence-corrected chi connectivity index (χ1v) is 7.61. The van der Waals surface area contributed by atoms with Gasteiger partial charge in [0, 0.05) is 16.5 Å². The Morgan fingerprint density at radius 2 is 2.00 bits per heavy atom. The third-order valence-corrected chi connectivity index (χ3v) is 4.54. The van der Waals surface area contributed by atoms with E-state index in [0.29, 0.717) is 3.57 Å². The molecule has 1 amide bonds. The number of rotatable bonds is 6. The van der Waals surface area contributed by atoms with E-state index in [1.54, 1.807) is 22.6 Å². The van der Waals surface area contributed by atoms with E-state index in [1.807, 2.05) is 0 Å². The molecule has 0 saturated carbocycles. The highest BCUT2D eigenvalue weighted by Gasteiger charge is 2.17. The summed E-state index contributed by atoms with van der Waals surface area (Å²) in [6.45, 7) is -0.133. The Kier molecular flexibility index (Phi) is 5.26. The van der Waals surface area contributed by atoms with E-state index in [-0.39, 0.29) is 23.4 Å². The Morgan fingerprint density at radius 1 is 1.37 bits per heavy atom. The minimum Gasteiger partial charge on any atom is -0.478 e. The molecule has 9 heteroatoms. The molecule has 0 aliphatic rings. The second kappa shape index (κ2) is 6.30.